The van der Waals surface area contributed by atoms with Crippen molar-refractivity contribution in [3.05, 3.63) is 0 Å². The Balaban J connectivity index is 6.53. The first-order valence-electron chi connectivity index (χ1n) is 7.54. The van der Waals surface area contributed by atoms with Gasteiger partial charge in [0.05, 0.1) is 18.1 Å². The number of aliphatic hydroxyl groups is 1. The summed E-state index contributed by atoms with van der Waals surface area (Å²) in [4.78, 5) is 0. The molecule has 0 bridgehead atoms. The lowest BCUT2D eigenvalue weighted by atomic mass is 9.88. The van der Waals surface area contributed by atoms with Crippen LogP contribution in [0.25, 0.3) is 0 Å². The Labute approximate surface area is 171 Å². The van der Waals surface area contributed by atoms with Crippen molar-refractivity contribution in [1.82, 2.24) is 0 Å². The number of sulfone groups is 1. The normalized spacial score (nSPS) is 16.3. The van der Waals surface area contributed by atoms with Crippen LogP contribution in [0.15, 0.2) is 0 Å². The second-order valence-electron chi connectivity index (χ2n) is 6.27. The monoisotopic (exact) mass is 556 g/mol. The minimum Gasteiger partial charge on any atom is -0.395 e. The van der Waals surface area contributed by atoms with E-state index in [4.69, 9.17) is 5.11 Å². The Bertz CT molecular complexity index is 799. The van der Waals surface area contributed by atoms with Crippen LogP contribution in [0.1, 0.15) is 6.42 Å². The summed E-state index contributed by atoms with van der Waals surface area (Å²) in [5.41, 5.74) is 0. The van der Waals surface area contributed by atoms with E-state index in [1.165, 1.54) is 0 Å². The molecule has 200 valence electrons. The van der Waals surface area contributed by atoms with Crippen molar-refractivity contribution >= 4 is 9.84 Å². The van der Waals surface area contributed by atoms with Crippen LogP contribution in [-0.2, 0) is 9.84 Å². The van der Waals surface area contributed by atoms with Crippen LogP contribution in [-0.4, -0.2) is 79.3 Å². The number of aliphatic hydroxyl groups excluding tert-OH is 1. The third kappa shape index (κ3) is 4.79. The molecular weight excluding hydrogens is 547 g/mol. The van der Waals surface area contributed by atoms with Crippen molar-refractivity contribution in [3.63, 3.8) is 0 Å². The molecule has 0 saturated carbocycles. The first kappa shape index (κ1) is 31.7. The van der Waals surface area contributed by atoms with Crippen LogP contribution < -0.4 is 0 Å². The van der Waals surface area contributed by atoms with Gasteiger partial charge in [-0.25, -0.2) is 8.42 Å². The molecule has 0 unspecified atom stereocenters. The molecule has 21 heteroatoms. The summed E-state index contributed by atoms with van der Waals surface area (Å²) in [7, 11) is -4.98. The zero-order valence-electron chi connectivity index (χ0n) is 14.9. The molecule has 1 N–H and O–H groups in total. The lowest BCUT2D eigenvalue weighted by Crippen LogP contribution is -2.74. The van der Waals surface area contributed by atoms with Gasteiger partial charge in [0.25, 0.3) is 0 Å². The smallest absolute Gasteiger partial charge is 0.395 e. The van der Waals surface area contributed by atoms with Gasteiger partial charge < -0.3 is 5.11 Å². The number of rotatable bonds is 11. The van der Waals surface area contributed by atoms with Gasteiger partial charge in [0.1, 0.15) is 0 Å². The van der Waals surface area contributed by atoms with Crippen molar-refractivity contribution in [2.24, 2.45) is 0 Å². The maximum Gasteiger partial charge on any atom is 0.460 e. The molecule has 0 rings (SSSR count). The highest BCUT2D eigenvalue weighted by Crippen LogP contribution is 2.64. The molecule has 0 saturated heterocycles. The average molecular weight is 556 g/mol. The van der Waals surface area contributed by atoms with Gasteiger partial charge in [-0.1, -0.05) is 0 Å². The average Bonchev–Trinajstić information content (AvgIpc) is 2.58. The molecule has 0 aliphatic rings. The maximum absolute atomic E-state index is 13.5. The van der Waals surface area contributed by atoms with Gasteiger partial charge in [0, 0.05) is 6.42 Å². The van der Waals surface area contributed by atoms with E-state index in [9.17, 15) is 83.1 Å². The van der Waals surface area contributed by atoms with Gasteiger partial charge in [-0.15, -0.1) is 0 Å². The molecule has 0 aromatic carbocycles. The molecule has 0 aliphatic carbocycles. The fourth-order valence-electron chi connectivity index (χ4n) is 1.88. The van der Waals surface area contributed by atoms with Gasteiger partial charge in [-0.05, 0) is 0 Å². The Morgan fingerprint density at radius 1 is 0.485 bits per heavy atom. The van der Waals surface area contributed by atoms with Crippen LogP contribution in [0.2, 0.25) is 0 Å². The van der Waals surface area contributed by atoms with Crippen molar-refractivity contribution < 1.29 is 88.2 Å². The lowest BCUT2D eigenvalue weighted by molar-refractivity contribution is -0.461. The molecular formula is C12H9F17O3S. The maximum atomic E-state index is 13.5. The molecule has 0 heterocycles. The standard InChI is InChI=1S/C12H9F17O3S/c13-5(14,1-3-33(31,32)4-2-30)6(15,16)7(17,18)8(19,20)9(21,22)10(23,24)11(25,26)12(27,28)29/h30H,1-4H2. The van der Waals surface area contributed by atoms with E-state index >= 15 is 0 Å². The number of alkyl halides is 17. The van der Waals surface area contributed by atoms with E-state index in [2.05, 4.69) is 0 Å². The Morgan fingerprint density at radius 2 is 0.788 bits per heavy atom. The van der Waals surface area contributed by atoms with Crippen molar-refractivity contribution in [1.29, 1.82) is 0 Å². The first-order chi connectivity index (χ1) is 14.0. The second-order valence-corrected chi connectivity index (χ2v) is 8.58. The Morgan fingerprint density at radius 3 is 1.09 bits per heavy atom. The molecule has 0 amide bonds. The van der Waals surface area contributed by atoms with Gasteiger partial charge >= 0.3 is 47.6 Å². The van der Waals surface area contributed by atoms with Crippen molar-refractivity contribution in [2.45, 2.75) is 54.1 Å². The summed E-state index contributed by atoms with van der Waals surface area (Å²) in [6.45, 7) is -1.35. The summed E-state index contributed by atoms with van der Waals surface area (Å²) in [6.07, 6.45) is -10.9. The summed E-state index contributed by atoms with van der Waals surface area (Å²) >= 11 is 0. The predicted molar refractivity (Wildman–Crippen MR) is 71.0 cm³/mol. The number of hydrogen-bond donors (Lipinski definition) is 1. The molecule has 3 nitrogen and oxygen atoms in total. The number of halogens is 17. The molecule has 0 atom stereocenters. The molecule has 33 heavy (non-hydrogen) atoms. The fourth-order valence-corrected chi connectivity index (χ4v) is 2.93. The van der Waals surface area contributed by atoms with E-state index in [0.717, 1.165) is 0 Å². The van der Waals surface area contributed by atoms with E-state index in [0.29, 0.717) is 0 Å². The van der Waals surface area contributed by atoms with E-state index in [-0.39, 0.29) is 0 Å². The van der Waals surface area contributed by atoms with Gasteiger partial charge in [0.15, 0.2) is 9.84 Å². The van der Waals surface area contributed by atoms with Crippen molar-refractivity contribution in [3.8, 4) is 0 Å². The summed E-state index contributed by atoms with van der Waals surface area (Å²) in [5.74, 6) is -61.2. The topological polar surface area (TPSA) is 54.4 Å². The fraction of sp³-hybridized carbons (Fsp3) is 1.00. The first-order valence-corrected chi connectivity index (χ1v) is 9.36. The zero-order valence-corrected chi connectivity index (χ0v) is 15.7. The minimum atomic E-state index is -8.73. The summed E-state index contributed by atoms with van der Waals surface area (Å²) < 4.78 is 243. The van der Waals surface area contributed by atoms with E-state index in [1.54, 1.807) is 0 Å². The summed E-state index contributed by atoms with van der Waals surface area (Å²) in [5, 5.41) is 8.29. The Kier molecular flexibility index (Phi) is 8.11. The Hall–Kier alpha value is -1.28. The van der Waals surface area contributed by atoms with Gasteiger partial charge in [0.2, 0.25) is 0 Å². The van der Waals surface area contributed by atoms with E-state index in [1.807, 2.05) is 0 Å². The molecule has 0 aromatic rings. The highest BCUT2D eigenvalue weighted by atomic mass is 32.2. The zero-order chi connectivity index (χ0) is 27.3. The third-order valence-corrected chi connectivity index (χ3v) is 5.55. The minimum absolute atomic E-state index is 1.35. The number of hydrogen-bond acceptors (Lipinski definition) is 3. The third-order valence-electron chi connectivity index (χ3n) is 3.92. The summed E-state index contributed by atoms with van der Waals surface area (Å²) in [6, 6.07) is 0. The highest BCUT2D eigenvalue weighted by Gasteiger charge is 2.95. The van der Waals surface area contributed by atoms with Crippen LogP contribution >= 0.6 is 0 Å². The SMILES string of the molecule is O=S(=O)(CCO)CCC(F)(F)C(F)(F)C(F)(F)C(F)(F)C(F)(F)C(F)(F)C(F)(F)C(F)(F)F. The molecule has 0 spiro atoms. The van der Waals surface area contributed by atoms with Crippen molar-refractivity contribution in [2.75, 3.05) is 18.1 Å². The predicted octanol–water partition coefficient (Wildman–Crippen LogP) is 4.79. The van der Waals surface area contributed by atoms with Crippen LogP contribution in [0.5, 0.6) is 0 Å². The van der Waals surface area contributed by atoms with Gasteiger partial charge in [-0.3, -0.25) is 0 Å². The molecule has 0 aliphatic heterocycles. The van der Waals surface area contributed by atoms with Gasteiger partial charge in [-0.2, -0.15) is 74.6 Å². The molecule has 0 radical (unpaired) electrons. The second kappa shape index (κ2) is 8.43. The van der Waals surface area contributed by atoms with E-state index < -0.39 is 82.0 Å². The lowest BCUT2D eigenvalue weighted by Gasteiger charge is -2.42. The van der Waals surface area contributed by atoms with Crippen LogP contribution in [0.4, 0.5) is 74.6 Å². The largest absolute Gasteiger partial charge is 0.460 e. The van der Waals surface area contributed by atoms with Crippen LogP contribution in [0.3, 0.4) is 0 Å². The molecule has 0 fully saturated rings. The quantitative estimate of drug-likeness (QED) is 0.373. The van der Waals surface area contributed by atoms with Crippen LogP contribution in [0, 0.1) is 0 Å². The molecule has 0 aromatic heterocycles. The highest BCUT2D eigenvalue weighted by molar-refractivity contribution is 7.91.